The number of benzene rings is 2. The van der Waals surface area contributed by atoms with E-state index in [0.29, 0.717) is 37.4 Å². The Morgan fingerprint density at radius 1 is 1.26 bits per heavy atom. The van der Waals surface area contributed by atoms with Gasteiger partial charge in [0, 0.05) is 31.3 Å². The Hall–Kier alpha value is -3.26. The lowest BCUT2D eigenvalue weighted by Gasteiger charge is -2.65. The number of halogens is 4. The van der Waals surface area contributed by atoms with Crippen molar-refractivity contribution in [3.63, 3.8) is 0 Å². The molecule has 2 heterocycles. The summed E-state index contributed by atoms with van der Waals surface area (Å²) >= 11 is 0. The Balaban J connectivity index is 0.00000329. The van der Waals surface area contributed by atoms with E-state index < -0.39 is 46.9 Å². The second kappa shape index (κ2) is 10.1. The number of carbonyl (C=O) groups excluding carboxylic acids is 1. The summed E-state index contributed by atoms with van der Waals surface area (Å²) in [7, 11) is 1.63. The molecule has 3 aliphatic carbocycles. The summed E-state index contributed by atoms with van der Waals surface area (Å²) < 4.78 is 46.0. The monoisotopic (exact) mass is 615 g/mol. The summed E-state index contributed by atoms with van der Waals surface area (Å²) in [6, 6.07) is 9.50. The van der Waals surface area contributed by atoms with Gasteiger partial charge in [-0.1, -0.05) is 18.2 Å². The molecule has 11 heteroatoms. The molecule has 2 saturated carbocycles. The summed E-state index contributed by atoms with van der Waals surface area (Å²) in [4.78, 5) is 17.1. The van der Waals surface area contributed by atoms with Gasteiger partial charge in [0.15, 0.2) is 11.5 Å². The minimum absolute atomic E-state index is 0. The van der Waals surface area contributed by atoms with E-state index in [9.17, 15) is 33.4 Å². The van der Waals surface area contributed by atoms with Crippen LogP contribution in [0.2, 0.25) is 0 Å². The van der Waals surface area contributed by atoms with Crippen LogP contribution in [-0.2, 0) is 22.8 Å². The molecular weight excluding hydrogens is 583 g/mol. The van der Waals surface area contributed by atoms with Crippen molar-refractivity contribution >= 4 is 24.4 Å². The van der Waals surface area contributed by atoms with Crippen molar-refractivity contribution in [3.05, 3.63) is 64.7 Å². The zero-order valence-corrected chi connectivity index (χ0v) is 24.4. The van der Waals surface area contributed by atoms with Gasteiger partial charge in [0.05, 0.1) is 34.7 Å². The average molecular weight is 616 g/mol. The lowest BCUT2D eigenvalue weighted by molar-refractivity contribution is -0.207. The molecule has 1 unspecified atom stereocenters. The van der Waals surface area contributed by atoms with Crippen LogP contribution in [0.15, 0.2) is 42.5 Å². The number of rotatable bonds is 5. The van der Waals surface area contributed by atoms with Gasteiger partial charge < -0.3 is 19.8 Å². The third-order valence-electron chi connectivity index (χ3n) is 10.4. The number of hydrogen-bond acceptors (Lipinski definition) is 6. The fourth-order valence-corrected chi connectivity index (χ4v) is 8.28. The van der Waals surface area contributed by atoms with Crippen LogP contribution >= 0.6 is 12.4 Å². The lowest BCUT2D eigenvalue weighted by Crippen LogP contribution is -2.79. The van der Waals surface area contributed by atoms with Crippen molar-refractivity contribution in [2.75, 3.05) is 13.6 Å². The van der Waals surface area contributed by atoms with Gasteiger partial charge in [0.2, 0.25) is 5.91 Å². The van der Waals surface area contributed by atoms with Crippen LogP contribution in [0.4, 0.5) is 13.2 Å². The molecule has 2 aromatic rings. The molecule has 2 aliphatic heterocycles. The maximum absolute atomic E-state index is 13.4. The summed E-state index contributed by atoms with van der Waals surface area (Å²) in [6.45, 7) is 0.759. The fourth-order valence-electron chi connectivity index (χ4n) is 8.28. The van der Waals surface area contributed by atoms with E-state index in [0.717, 1.165) is 42.6 Å². The Morgan fingerprint density at radius 2 is 2.02 bits per heavy atom. The van der Waals surface area contributed by atoms with Gasteiger partial charge in [-0.25, -0.2) is 0 Å². The number of phenols is 1. The normalized spacial score (nSPS) is 32.4. The summed E-state index contributed by atoms with van der Waals surface area (Å²) in [5.74, 6) is 0.381. The van der Waals surface area contributed by atoms with E-state index >= 15 is 0 Å². The highest BCUT2D eigenvalue weighted by Gasteiger charge is 2.75. The zero-order valence-electron chi connectivity index (χ0n) is 23.6. The summed E-state index contributed by atoms with van der Waals surface area (Å²) in [5, 5.41) is 33.9. The van der Waals surface area contributed by atoms with E-state index in [4.69, 9.17) is 4.74 Å². The van der Waals surface area contributed by atoms with Gasteiger partial charge >= 0.3 is 6.18 Å². The number of amides is 1. The topological polar surface area (TPSA) is 97.0 Å². The molecule has 0 aromatic heterocycles. The van der Waals surface area contributed by atoms with Crippen LogP contribution in [0, 0.1) is 17.2 Å². The Bertz CT molecular complexity index is 1540. The first-order valence-corrected chi connectivity index (χ1v) is 14.5. The van der Waals surface area contributed by atoms with E-state index in [2.05, 4.69) is 11.0 Å². The first kappa shape index (κ1) is 29.8. The number of hydrogen-bond donors (Lipinski definition) is 2. The molecule has 2 N–H and O–H groups in total. The van der Waals surface area contributed by atoms with E-state index in [-0.39, 0.29) is 29.8 Å². The molecular formula is C32H33ClF3N3O4. The van der Waals surface area contributed by atoms with E-state index in [1.807, 2.05) is 6.07 Å². The van der Waals surface area contributed by atoms with Crippen LogP contribution in [-0.4, -0.2) is 69.3 Å². The first-order chi connectivity index (χ1) is 20.0. The van der Waals surface area contributed by atoms with Gasteiger partial charge in [0.25, 0.3) is 0 Å². The van der Waals surface area contributed by atoms with Crippen LogP contribution in [0.5, 0.6) is 11.5 Å². The lowest BCUT2D eigenvalue weighted by atomic mass is 9.47. The minimum Gasteiger partial charge on any atom is -0.504 e. The molecule has 1 amide bonds. The second-order valence-corrected chi connectivity index (χ2v) is 12.6. The highest BCUT2D eigenvalue weighted by Crippen LogP contribution is 2.66. The summed E-state index contributed by atoms with van der Waals surface area (Å²) in [6.07, 6.45) is 1.31. The largest absolute Gasteiger partial charge is 0.504 e. The number of alkyl halides is 3. The number of ether oxygens (including phenoxy) is 1. The molecule has 7 rings (SSSR count). The van der Waals surface area contributed by atoms with Crippen molar-refractivity contribution in [1.82, 2.24) is 9.80 Å². The van der Waals surface area contributed by atoms with Crippen LogP contribution in [0.25, 0.3) is 6.08 Å². The van der Waals surface area contributed by atoms with Gasteiger partial charge in [-0.05, 0) is 79.8 Å². The summed E-state index contributed by atoms with van der Waals surface area (Å²) in [5.41, 5.74) is -1.03. The highest BCUT2D eigenvalue weighted by molar-refractivity contribution is 5.92. The maximum Gasteiger partial charge on any atom is 0.416 e. The molecule has 228 valence electrons. The van der Waals surface area contributed by atoms with Gasteiger partial charge in [-0.15, -0.1) is 12.4 Å². The van der Waals surface area contributed by atoms with Crippen LogP contribution in [0.3, 0.4) is 0 Å². The number of nitrogens with zero attached hydrogens (tertiary/aromatic N) is 3. The molecule has 0 radical (unpaired) electrons. The Morgan fingerprint density at radius 3 is 2.72 bits per heavy atom. The predicted molar refractivity (Wildman–Crippen MR) is 154 cm³/mol. The van der Waals surface area contributed by atoms with Crippen LogP contribution in [0.1, 0.15) is 54.4 Å². The minimum atomic E-state index is -4.49. The second-order valence-electron chi connectivity index (χ2n) is 12.6. The fraction of sp³-hybridized carbons (Fsp3) is 0.500. The number of piperidine rings is 1. The number of aromatic hydroxyl groups is 1. The highest BCUT2D eigenvalue weighted by atomic mass is 35.5. The first-order valence-electron chi connectivity index (χ1n) is 14.5. The number of nitriles is 1. The number of likely N-dealkylation sites (N-methyl/N-ethyl adjacent to an activating group) is 1. The quantitative estimate of drug-likeness (QED) is 0.468. The van der Waals surface area contributed by atoms with Crippen molar-refractivity contribution in [1.29, 1.82) is 5.26 Å². The molecule has 5 aliphatic rings. The number of aliphatic hydroxyl groups is 1. The third-order valence-corrected chi connectivity index (χ3v) is 10.4. The van der Waals surface area contributed by atoms with E-state index in [1.54, 1.807) is 13.1 Å². The Labute approximate surface area is 253 Å². The molecule has 2 bridgehead atoms. The van der Waals surface area contributed by atoms with Crippen molar-refractivity contribution in [2.45, 2.75) is 79.9 Å². The molecule has 6 atom stereocenters. The Kier molecular flexibility index (Phi) is 7.03. The maximum atomic E-state index is 13.4. The smallest absolute Gasteiger partial charge is 0.416 e. The number of likely N-dealkylation sites (tertiary alicyclic amines) is 1. The van der Waals surface area contributed by atoms with Gasteiger partial charge in [-0.2, -0.15) is 18.4 Å². The van der Waals surface area contributed by atoms with Gasteiger partial charge in [0.1, 0.15) is 6.10 Å². The molecule has 2 aromatic carbocycles. The van der Waals surface area contributed by atoms with Crippen molar-refractivity contribution in [2.24, 2.45) is 5.92 Å². The molecule has 3 fully saturated rings. The average Bonchev–Trinajstić information content (AvgIpc) is 3.71. The number of carbonyl (C=O) groups is 1. The molecule has 43 heavy (non-hydrogen) atoms. The third kappa shape index (κ3) is 4.34. The van der Waals surface area contributed by atoms with E-state index in [1.165, 1.54) is 29.2 Å². The van der Waals surface area contributed by atoms with Gasteiger partial charge in [-0.3, -0.25) is 9.69 Å². The SMILES string of the molecule is CN(C(=O)C=Cc1cccc(C(F)(F)F)c1)[C@H]1CC[C@@]2(O)[C@H]3Cc4ccc(O)c5c4[C@@]2(CC(C#N)N3CC2CC2)[C@H]1O5.Cl. The van der Waals surface area contributed by atoms with Crippen LogP contribution < -0.4 is 4.74 Å². The van der Waals surface area contributed by atoms with Crippen molar-refractivity contribution < 1.29 is 32.9 Å². The molecule has 1 spiro atoms. The predicted octanol–water partition coefficient (Wildman–Crippen LogP) is 4.83. The standard InChI is InChI=1S/C32H32F3N3O4.ClH/c1-37(26(40)10-7-18-3-2-4-21(13-18)32(33,34)35)23-11-12-31(41)25-14-20-8-9-24(39)28-27(20)30(31,29(23)42-28)15-22(16-36)38(25)17-19-5-6-19;/h2-4,7-10,13,19,22-23,25,29,39,41H,5-6,11-12,14-15,17H2,1H3;1H/t22?,23-,25+,29-,30-,31+;/m0./s1. The zero-order chi connectivity index (χ0) is 29.6. The molecule has 7 nitrogen and oxygen atoms in total. The van der Waals surface area contributed by atoms with Crippen molar-refractivity contribution in [3.8, 4) is 17.6 Å². The molecule has 1 saturated heterocycles. The number of phenolic OH excluding ortho intramolecular Hbond substituents is 1.